The Kier molecular flexibility index (Phi) is 6.34. The molecule has 31 heavy (non-hydrogen) atoms. The molecule has 7 heteroatoms. The van der Waals surface area contributed by atoms with Crippen LogP contribution in [-0.2, 0) is 22.8 Å². The predicted octanol–water partition coefficient (Wildman–Crippen LogP) is 5.96. The summed E-state index contributed by atoms with van der Waals surface area (Å²) >= 11 is 0. The van der Waals surface area contributed by atoms with Crippen LogP contribution in [0.3, 0.4) is 0 Å². The highest BCUT2D eigenvalue weighted by Gasteiger charge is 2.30. The van der Waals surface area contributed by atoms with Gasteiger partial charge in [-0.1, -0.05) is 57.2 Å². The van der Waals surface area contributed by atoms with Gasteiger partial charge >= 0.3 is 6.18 Å². The lowest BCUT2D eigenvalue weighted by Gasteiger charge is -2.19. The molecule has 162 valence electrons. The molecular weight excluding hydrogens is 405 g/mol. The standard InChI is InChI=1S/C24H23F3N2O2/c1-23(2,3)18-9-7-16(8-10-18)13-22(30)29-28-15-20-11-12-21(31-20)17-5-4-6-19(14-17)24(25,26)27/h4-12,14-15H,13H2,1-3H3,(H,29,30)/b28-15-. The molecule has 1 N–H and O–H groups in total. The number of carbonyl (C=O) groups excluding carboxylic acids is 1. The predicted molar refractivity (Wildman–Crippen MR) is 114 cm³/mol. The van der Waals surface area contributed by atoms with Crippen molar-refractivity contribution < 1.29 is 22.4 Å². The van der Waals surface area contributed by atoms with Gasteiger partial charge < -0.3 is 4.42 Å². The van der Waals surface area contributed by atoms with E-state index in [-0.39, 0.29) is 23.5 Å². The van der Waals surface area contributed by atoms with E-state index in [2.05, 4.69) is 31.3 Å². The molecule has 0 unspecified atom stereocenters. The molecule has 1 aromatic heterocycles. The average Bonchev–Trinajstić information content (AvgIpc) is 3.16. The van der Waals surface area contributed by atoms with Crippen molar-refractivity contribution in [2.75, 3.05) is 0 Å². The van der Waals surface area contributed by atoms with E-state index in [9.17, 15) is 18.0 Å². The fourth-order valence-electron chi connectivity index (χ4n) is 2.94. The molecule has 2 aromatic carbocycles. The van der Waals surface area contributed by atoms with E-state index in [1.54, 1.807) is 12.1 Å². The lowest BCUT2D eigenvalue weighted by atomic mass is 9.86. The Balaban J connectivity index is 1.58. The summed E-state index contributed by atoms with van der Waals surface area (Å²) in [5.41, 5.74) is 4.07. The van der Waals surface area contributed by atoms with Crippen molar-refractivity contribution in [2.24, 2.45) is 5.10 Å². The van der Waals surface area contributed by atoms with Crippen molar-refractivity contribution >= 4 is 12.1 Å². The Bertz CT molecular complexity index is 1080. The fourth-order valence-corrected chi connectivity index (χ4v) is 2.94. The van der Waals surface area contributed by atoms with Crippen LogP contribution in [0.25, 0.3) is 11.3 Å². The Morgan fingerprint density at radius 2 is 1.71 bits per heavy atom. The van der Waals surface area contributed by atoms with E-state index in [1.165, 1.54) is 23.9 Å². The van der Waals surface area contributed by atoms with E-state index < -0.39 is 11.7 Å². The van der Waals surface area contributed by atoms with Crippen LogP contribution >= 0.6 is 0 Å². The number of alkyl halides is 3. The third kappa shape index (κ3) is 6.07. The monoisotopic (exact) mass is 428 g/mol. The van der Waals surface area contributed by atoms with Crippen LogP contribution in [-0.4, -0.2) is 12.1 Å². The molecule has 3 aromatic rings. The second kappa shape index (κ2) is 8.79. The van der Waals surface area contributed by atoms with E-state index in [1.807, 2.05) is 24.3 Å². The van der Waals surface area contributed by atoms with Gasteiger partial charge in [0.05, 0.1) is 18.2 Å². The summed E-state index contributed by atoms with van der Waals surface area (Å²) in [4.78, 5) is 12.1. The summed E-state index contributed by atoms with van der Waals surface area (Å²) in [5.74, 6) is 0.296. The lowest BCUT2D eigenvalue weighted by Crippen LogP contribution is -2.20. The minimum atomic E-state index is -4.43. The van der Waals surface area contributed by atoms with E-state index >= 15 is 0 Å². The smallest absolute Gasteiger partial charge is 0.416 e. The van der Waals surface area contributed by atoms with Gasteiger partial charge in [-0.05, 0) is 40.8 Å². The van der Waals surface area contributed by atoms with Gasteiger partial charge in [0.1, 0.15) is 11.5 Å². The Hall–Kier alpha value is -3.35. The minimum absolute atomic E-state index is 0.0427. The molecule has 0 aliphatic rings. The SMILES string of the molecule is CC(C)(C)c1ccc(CC(=O)N/N=C\c2ccc(-c3cccc(C(F)(F)F)c3)o2)cc1. The van der Waals surface area contributed by atoms with Gasteiger partial charge in [0.15, 0.2) is 0 Å². The van der Waals surface area contributed by atoms with Crippen molar-refractivity contribution in [1.82, 2.24) is 5.43 Å². The minimum Gasteiger partial charge on any atom is -0.455 e. The lowest BCUT2D eigenvalue weighted by molar-refractivity contribution is -0.137. The average molecular weight is 428 g/mol. The number of benzene rings is 2. The first kappa shape index (κ1) is 22.3. The van der Waals surface area contributed by atoms with Gasteiger partial charge in [0.25, 0.3) is 0 Å². The Morgan fingerprint density at radius 3 is 2.35 bits per heavy atom. The molecular formula is C24H23F3N2O2. The first-order valence-electron chi connectivity index (χ1n) is 9.71. The molecule has 0 saturated heterocycles. The van der Waals surface area contributed by atoms with Gasteiger partial charge in [-0.25, -0.2) is 5.43 Å². The van der Waals surface area contributed by atoms with E-state index in [4.69, 9.17) is 4.42 Å². The second-order valence-electron chi connectivity index (χ2n) is 8.20. The molecule has 0 atom stereocenters. The molecule has 0 fully saturated rings. The van der Waals surface area contributed by atoms with Crippen LogP contribution in [0.5, 0.6) is 0 Å². The van der Waals surface area contributed by atoms with Crippen molar-refractivity contribution in [3.8, 4) is 11.3 Å². The number of amides is 1. The Labute approximate surface area is 178 Å². The summed E-state index contributed by atoms with van der Waals surface area (Å²) < 4.78 is 44.1. The number of rotatable bonds is 5. The first-order chi connectivity index (χ1) is 14.5. The van der Waals surface area contributed by atoms with Gasteiger partial charge in [-0.3, -0.25) is 4.79 Å². The van der Waals surface area contributed by atoms with Gasteiger partial charge in [0, 0.05) is 5.56 Å². The number of furan rings is 1. The molecule has 0 saturated carbocycles. The largest absolute Gasteiger partial charge is 0.455 e. The van der Waals surface area contributed by atoms with Crippen LogP contribution in [0.15, 0.2) is 70.2 Å². The number of hydrogen-bond acceptors (Lipinski definition) is 3. The van der Waals surface area contributed by atoms with Gasteiger partial charge in [-0.15, -0.1) is 0 Å². The fraction of sp³-hybridized carbons (Fsp3) is 0.250. The highest BCUT2D eigenvalue weighted by atomic mass is 19.4. The number of carbonyl (C=O) groups is 1. The Morgan fingerprint density at radius 1 is 1.00 bits per heavy atom. The van der Waals surface area contributed by atoms with Crippen molar-refractivity contribution in [1.29, 1.82) is 0 Å². The zero-order valence-corrected chi connectivity index (χ0v) is 17.5. The van der Waals surface area contributed by atoms with Crippen molar-refractivity contribution in [3.05, 3.63) is 83.1 Å². The molecule has 3 rings (SSSR count). The van der Waals surface area contributed by atoms with Crippen LogP contribution in [0.4, 0.5) is 13.2 Å². The third-order valence-electron chi connectivity index (χ3n) is 4.67. The molecule has 0 aliphatic heterocycles. The van der Waals surface area contributed by atoms with Crippen LogP contribution in [0.2, 0.25) is 0 Å². The molecule has 0 bridgehead atoms. The normalized spacial score (nSPS) is 12.3. The number of hydrazone groups is 1. The van der Waals surface area contributed by atoms with Crippen LogP contribution in [0, 0.1) is 0 Å². The maximum absolute atomic E-state index is 12.9. The van der Waals surface area contributed by atoms with Gasteiger partial charge in [0.2, 0.25) is 5.91 Å². The molecule has 1 heterocycles. The topological polar surface area (TPSA) is 54.6 Å². The summed E-state index contributed by atoms with van der Waals surface area (Å²) in [6.07, 6.45) is -2.95. The van der Waals surface area contributed by atoms with Gasteiger partial charge in [-0.2, -0.15) is 18.3 Å². The molecule has 0 spiro atoms. The second-order valence-corrected chi connectivity index (χ2v) is 8.20. The third-order valence-corrected chi connectivity index (χ3v) is 4.67. The number of nitrogens with one attached hydrogen (secondary N) is 1. The maximum atomic E-state index is 12.9. The summed E-state index contributed by atoms with van der Waals surface area (Å²) in [7, 11) is 0. The summed E-state index contributed by atoms with van der Waals surface area (Å²) in [5, 5.41) is 3.86. The van der Waals surface area contributed by atoms with Crippen molar-refractivity contribution in [2.45, 2.75) is 38.8 Å². The van der Waals surface area contributed by atoms with Crippen molar-refractivity contribution in [3.63, 3.8) is 0 Å². The van der Waals surface area contributed by atoms with E-state index in [0.717, 1.165) is 17.7 Å². The first-order valence-corrected chi connectivity index (χ1v) is 9.71. The molecule has 0 radical (unpaired) electrons. The van der Waals surface area contributed by atoms with Crippen LogP contribution < -0.4 is 5.43 Å². The number of nitrogens with zero attached hydrogens (tertiary/aromatic N) is 1. The maximum Gasteiger partial charge on any atom is 0.416 e. The molecule has 0 aliphatic carbocycles. The zero-order valence-electron chi connectivity index (χ0n) is 17.5. The van der Waals surface area contributed by atoms with Crippen LogP contribution in [0.1, 0.15) is 43.2 Å². The number of halogens is 3. The number of hydrogen-bond donors (Lipinski definition) is 1. The summed E-state index contributed by atoms with van der Waals surface area (Å²) in [6.45, 7) is 6.36. The van der Waals surface area contributed by atoms with E-state index in [0.29, 0.717) is 11.3 Å². The summed E-state index contributed by atoms with van der Waals surface area (Å²) in [6, 6.07) is 15.8. The highest BCUT2D eigenvalue weighted by Crippen LogP contribution is 2.32. The quantitative estimate of drug-likeness (QED) is 0.403. The zero-order chi connectivity index (χ0) is 22.6. The molecule has 4 nitrogen and oxygen atoms in total. The molecule has 1 amide bonds. The highest BCUT2D eigenvalue weighted by molar-refractivity contribution is 5.82.